The summed E-state index contributed by atoms with van der Waals surface area (Å²) < 4.78 is 0. The summed E-state index contributed by atoms with van der Waals surface area (Å²) in [6.45, 7) is 6.28. The van der Waals surface area contributed by atoms with Crippen molar-refractivity contribution >= 4 is 5.78 Å². The van der Waals surface area contributed by atoms with Gasteiger partial charge in [-0.1, -0.05) is 32.6 Å². The van der Waals surface area contributed by atoms with Crippen molar-refractivity contribution in [3.8, 4) is 0 Å². The smallest absolute Gasteiger partial charge is 0.149 e. The van der Waals surface area contributed by atoms with Crippen LogP contribution in [0.15, 0.2) is 0 Å². The summed E-state index contributed by atoms with van der Waals surface area (Å²) in [6, 6.07) is 0.146. The Morgan fingerprint density at radius 2 is 1.53 bits per heavy atom. The van der Waals surface area contributed by atoms with Gasteiger partial charge in [0.15, 0.2) is 0 Å². The van der Waals surface area contributed by atoms with Crippen molar-refractivity contribution in [2.24, 2.45) is 0 Å². The minimum atomic E-state index is 0.146. The van der Waals surface area contributed by atoms with Crippen molar-refractivity contribution in [1.29, 1.82) is 0 Å². The van der Waals surface area contributed by atoms with Crippen molar-refractivity contribution in [3.05, 3.63) is 0 Å². The fourth-order valence-electron chi connectivity index (χ4n) is 2.34. The zero-order chi connectivity index (χ0) is 11.1. The lowest BCUT2D eigenvalue weighted by Gasteiger charge is -2.27. The standard InChI is InChI=1S/C13H25NO/c1-3-13(15)12(2)14-10-8-6-4-5-7-9-11-14/h12H,3-11H2,1-2H3. The highest BCUT2D eigenvalue weighted by Gasteiger charge is 2.19. The molecule has 0 N–H and O–H groups in total. The molecule has 0 radical (unpaired) electrons. The first-order chi connectivity index (χ1) is 7.25. The van der Waals surface area contributed by atoms with E-state index in [1.54, 1.807) is 0 Å². The molecule has 0 saturated carbocycles. The zero-order valence-corrected chi connectivity index (χ0v) is 10.3. The van der Waals surface area contributed by atoms with E-state index in [2.05, 4.69) is 11.8 Å². The van der Waals surface area contributed by atoms with Crippen LogP contribution in [0.3, 0.4) is 0 Å². The number of hydrogen-bond donors (Lipinski definition) is 0. The molecule has 15 heavy (non-hydrogen) atoms. The summed E-state index contributed by atoms with van der Waals surface area (Å²) in [5.74, 6) is 0.397. The van der Waals surface area contributed by atoms with Crippen molar-refractivity contribution in [2.45, 2.75) is 64.8 Å². The molecule has 1 aliphatic rings. The van der Waals surface area contributed by atoms with E-state index in [0.29, 0.717) is 12.2 Å². The molecule has 1 atom stereocenters. The van der Waals surface area contributed by atoms with Gasteiger partial charge in [0.25, 0.3) is 0 Å². The molecular formula is C13H25NO. The Hall–Kier alpha value is -0.370. The highest BCUT2D eigenvalue weighted by atomic mass is 16.1. The van der Waals surface area contributed by atoms with Gasteiger partial charge in [0.2, 0.25) is 0 Å². The van der Waals surface area contributed by atoms with Gasteiger partial charge in [-0.25, -0.2) is 0 Å². The average molecular weight is 211 g/mol. The second-order valence-corrected chi connectivity index (χ2v) is 4.65. The lowest BCUT2D eigenvalue weighted by Crippen LogP contribution is -2.39. The molecule has 1 saturated heterocycles. The number of nitrogens with zero attached hydrogens (tertiary/aromatic N) is 1. The topological polar surface area (TPSA) is 20.3 Å². The summed E-state index contributed by atoms with van der Waals surface area (Å²) in [5, 5.41) is 0. The number of hydrogen-bond acceptors (Lipinski definition) is 2. The monoisotopic (exact) mass is 211 g/mol. The predicted molar refractivity (Wildman–Crippen MR) is 64.0 cm³/mol. The molecular weight excluding hydrogens is 186 g/mol. The maximum atomic E-state index is 11.7. The van der Waals surface area contributed by atoms with E-state index >= 15 is 0 Å². The van der Waals surface area contributed by atoms with Gasteiger partial charge in [-0.3, -0.25) is 9.69 Å². The molecule has 88 valence electrons. The van der Waals surface area contributed by atoms with Crippen LogP contribution in [0.4, 0.5) is 0 Å². The van der Waals surface area contributed by atoms with Gasteiger partial charge >= 0.3 is 0 Å². The molecule has 0 aromatic rings. The average Bonchev–Trinajstić information content (AvgIpc) is 2.40. The third-order valence-corrected chi connectivity index (χ3v) is 3.50. The largest absolute Gasteiger partial charge is 0.298 e. The summed E-state index contributed by atoms with van der Waals surface area (Å²) in [6.07, 6.45) is 8.64. The van der Waals surface area contributed by atoms with Crippen molar-refractivity contribution < 1.29 is 4.79 Å². The molecule has 0 aromatic heterocycles. The summed E-state index contributed by atoms with van der Waals surface area (Å²) >= 11 is 0. The highest BCUT2D eigenvalue weighted by Crippen LogP contribution is 2.13. The third-order valence-electron chi connectivity index (χ3n) is 3.50. The number of carbonyl (C=O) groups excluding carboxylic acids is 1. The van der Waals surface area contributed by atoms with Gasteiger partial charge in [0.1, 0.15) is 5.78 Å². The quantitative estimate of drug-likeness (QED) is 0.715. The normalized spacial score (nSPS) is 22.5. The van der Waals surface area contributed by atoms with Gasteiger partial charge in [-0.15, -0.1) is 0 Å². The van der Waals surface area contributed by atoms with Crippen LogP contribution in [0.25, 0.3) is 0 Å². The molecule has 2 heteroatoms. The van der Waals surface area contributed by atoms with Crippen LogP contribution >= 0.6 is 0 Å². The molecule has 0 spiro atoms. The van der Waals surface area contributed by atoms with Gasteiger partial charge in [0.05, 0.1) is 6.04 Å². The molecule has 0 amide bonds. The summed E-state index contributed by atoms with van der Waals surface area (Å²) in [5.41, 5.74) is 0. The molecule has 2 nitrogen and oxygen atoms in total. The van der Waals surface area contributed by atoms with Crippen molar-refractivity contribution in [1.82, 2.24) is 4.90 Å². The molecule has 1 fully saturated rings. The fourth-order valence-corrected chi connectivity index (χ4v) is 2.34. The first-order valence-electron chi connectivity index (χ1n) is 6.52. The minimum absolute atomic E-state index is 0.146. The van der Waals surface area contributed by atoms with Gasteiger partial charge < -0.3 is 0 Å². The highest BCUT2D eigenvalue weighted by molar-refractivity contribution is 5.83. The van der Waals surface area contributed by atoms with Crippen LogP contribution in [-0.2, 0) is 4.79 Å². The Bertz CT molecular complexity index is 181. The van der Waals surface area contributed by atoms with Crippen LogP contribution in [0.5, 0.6) is 0 Å². The van der Waals surface area contributed by atoms with E-state index in [1.807, 2.05) is 6.92 Å². The van der Waals surface area contributed by atoms with Gasteiger partial charge in [-0.05, 0) is 32.9 Å². The third kappa shape index (κ3) is 4.33. The van der Waals surface area contributed by atoms with Crippen LogP contribution < -0.4 is 0 Å². The van der Waals surface area contributed by atoms with Crippen LogP contribution in [0.1, 0.15) is 58.8 Å². The van der Waals surface area contributed by atoms with Crippen LogP contribution in [0.2, 0.25) is 0 Å². The Labute approximate surface area is 94.0 Å². The van der Waals surface area contributed by atoms with Crippen LogP contribution in [-0.4, -0.2) is 29.8 Å². The first kappa shape index (κ1) is 12.7. The number of rotatable bonds is 3. The second kappa shape index (κ2) is 7.00. The van der Waals surface area contributed by atoms with Crippen LogP contribution in [0, 0.1) is 0 Å². The van der Waals surface area contributed by atoms with E-state index in [9.17, 15) is 4.79 Å². The number of carbonyl (C=O) groups is 1. The van der Waals surface area contributed by atoms with E-state index < -0.39 is 0 Å². The molecule has 0 aliphatic carbocycles. The zero-order valence-electron chi connectivity index (χ0n) is 10.3. The van der Waals surface area contributed by atoms with Gasteiger partial charge in [0, 0.05) is 6.42 Å². The first-order valence-corrected chi connectivity index (χ1v) is 6.52. The number of ketones is 1. The second-order valence-electron chi connectivity index (χ2n) is 4.65. The maximum absolute atomic E-state index is 11.7. The molecule has 1 heterocycles. The molecule has 0 bridgehead atoms. The predicted octanol–water partition coefficient (Wildman–Crippen LogP) is 3.01. The minimum Gasteiger partial charge on any atom is -0.298 e. The molecule has 1 rings (SSSR count). The Morgan fingerprint density at radius 1 is 1.07 bits per heavy atom. The van der Waals surface area contributed by atoms with E-state index in [0.717, 1.165) is 13.1 Å². The SMILES string of the molecule is CCC(=O)C(C)N1CCCCCCCC1. The van der Waals surface area contributed by atoms with E-state index in [-0.39, 0.29) is 6.04 Å². The lowest BCUT2D eigenvalue weighted by atomic mass is 10.1. The fraction of sp³-hybridized carbons (Fsp3) is 0.923. The van der Waals surface area contributed by atoms with E-state index in [1.165, 1.54) is 38.5 Å². The Kier molecular flexibility index (Phi) is 5.92. The Morgan fingerprint density at radius 3 is 2.00 bits per heavy atom. The number of Topliss-reactive ketones (excluding diaryl/α,β-unsaturated/α-hetero) is 1. The van der Waals surface area contributed by atoms with Crippen molar-refractivity contribution in [2.75, 3.05) is 13.1 Å². The van der Waals surface area contributed by atoms with Gasteiger partial charge in [-0.2, -0.15) is 0 Å². The molecule has 1 aliphatic heterocycles. The molecule has 0 aromatic carbocycles. The van der Waals surface area contributed by atoms with Crippen molar-refractivity contribution in [3.63, 3.8) is 0 Å². The molecule has 1 unspecified atom stereocenters. The summed E-state index contributed by atoms with van der Waals surface area (Å²) in [7, 11) is 0. The Balaban J connectivity index is 2.44. The lowest BCUT2D eigenvalue weighted by molar-refractivity contribution is -0.123. The maximum Gasteiger partial charge on any atom is 0.149 e. The summed E-state index contributed by atoms with van der Waals surface area (Å²) in [4.78, 5) is 14.0. The van der Waals surface area contributed by atoms with E-state index in [4.69, 9.17) is 0 Å².